The summed E-state index contributed by atoms with van der Waals surface area (Å²) in [5, 5.41) is 21.8. The topological polar surface area (TPSA) is 91.2 Å². The number of phenols is 1. The number of pyridine rings is 2. The predicted molar refractivity (Wildman–Crippen MR) is 154 cm³/mol. The average molecular weight is 599 g/mol. The molecule has 0 unspecified atom stereocenters. The van der Waals surface area contributed by atoms with Crippen molar-refractivity contribution in [3.63, 3.8) is 0 Å². The van der Waals surface area contributed by atoms with Crippen LogP contribution in [-0.2, 0) is 0 Å². The number of halogens is 3. The highest BCUT2D eigenvalue weighted by molar-refractivity contribution is 6.32. The molecule has 0 amide bonds. The first-order valence-corrected chi connectivity index (χ1v) is 15.3. The van der Waals surface area contributed by atoms with Crippen molar-refractivity contribution < 1.29 is 28.5 Å². The van der Waals surface area contributed by atoms with Gasteiger partial charge in [-0.05, 0) is 68.7 Å². The van der Waals surface area contributed by atoms with E-state index in [-0.39, 0.29) is 52.8 Å². The molecule has 4 atom stereocenters. The van der Waals surface area contributed by atoms with Crippen LogP contribution in [0.3, 0.4) is 0 Å². The number of aliphatic hydroxyl groups excluding tert-OH is 1. The fourth-order valence-electron chi connectivity index (χ4n) is 7.68. The lowest BCUT2D eigenvalue weighted by Crippen LogP contribution is -2.47. The molecule has 0 radical (unpaired) electrons. The molecule has 6 heterocycles. The lowest BCUT2D eigenvalue weighted by Gasteiger charge is -2.38. The molecule has 8 rings (SSSR count). The van der Waals surface area contributed by atoms with Crippen molar-refractivity contribution in [3.05, 3.63) is 34.6 Å². The van der Waals surface area contributed by atoms with Crippen LogP contribution in [0.1, 0.15) is 56.4 Å². The molecule has 42 heavy (non-hydrogen) atoms. The monoisotopic (exact) mass is 598 g/mol. The molecule has 3 saturated heterocycles. The van der Waals surface area contributed by atoms with Gasteiger partial charge in [-0.2, -0.15) is 0 Å². The summed E-state index contributed by atoms with van der Waals surface area (Å²) in [6.45, 7) is 2.19. The summed E-state index contributed by atoms with van der Waals surface area (Å²) in [4.78, 5) is 13.6. The number of hydrogen-bond acceptors (Lipinski definition) is 8. The first-order chi connectivity index (χ1) is 20.3. The van der Waals surface area contributed by atoms with Gasteiger partial charge in [0.05, 0.1) is 28.8 Å². The van der Waals surface area contributed by atoms with Crippen molar-refractivity contribution in [1.82, 2.24) is 14.9 Å². The molecule has 3 aromatic rings. The highest BCUT2D eigenvalue weighted by atomic mass is 35.5. The average Bonchev–Trinajstić information content (AvgIpc) is 3.67. The Balaban J connectivity index is 1.29. The Kier molecular flexibility index (Phi) is 6.21. The number of fused-ring (bicyclic) bond motifs is 3. The van der Waals surface area contributed by atoms with Crippen LogP contribution in [0.15, 0.2) is 18.2 Å². The smallest absolute Gasteiger partial charge is 0.225 e. The summed E-state index contributed by atoms with van der Waals surface area (Å²) in [7, 11) is 0. The van der Waals surface area contributed by atoms with E-state index in [1.807, 2.05) is 0 Å². The standard InChI is InChI=1S/C31H33ClF2N4O4/c32-22-9-20(40)8-21(25(22)16-2-3-16)28-27(34)29-26-23(38-13-19(39)5-4-18(38)14-41-30(26)36-28)10-24(35-29)42-15-31-6-1-7-37(31)12-17(33)11-31/h8-10,16-19,39-40H,1-7,11-15H2/t17-,18+,19+,31+/m1/s1. The molecular formula is C31H33ClF2N4O4. The van der Waals surface area contributed by atoms with E-state index in [1.54, 1.807) is 6.07 Å². The van der Waals surface area contributed by atoms with Crippen molar-refractivity contribution in [2.45, 2.75) is 74.7 Å². The van der Waals surface area contributed by atoms with Crippen LogP contribution in [-0.4, -0.2) is 81.8 Å². The van der Waals surface area contributed by atoms with E-state index < -0.39 is 18.1 Å². The fraction of sp³-hybridized carbons (Fsp3) is 0.548. The van der Waals surface area contributed by atoms with Crippen LogP contribution in [0.4, 0.5) is 14.5 Å². The van der Waals surface area contributed by atoms with E-state index in [1.165, 1.54) is 12.1 Å². The highest BCUT2D eigenvalue weighted by Gasteiger charge is 2.49. The molecule has 1 aliphatic carbocycles. The zero-order chi connectivity index (χ0) is 28.7. The zero-order valence-corrected chi connectivity index (χ0v) is 23.9. The number of ether oxygens (including phenoxy) is 2. The molecular weight excluding hydrogens is 566 g/mol. The van der Waals surface area contributed by atoms with E-state index in [0.717, 1.165) is 37.8 Å². The molecule has 4 fully saturated rings. The third-order valence-electron chi connectivity index (χ3n) is 9.83. The molecule has 4 aliphatic heterocycles. The highest BCUT2D eigenvalue weighted by Crippen LogP contribution is 2.51. The molecule has 222 valence electrons. The minimum atomic E-state index is -0.890. The number of aromatic nitrogens is 2. The number of alkyl halides is 1. The Morgan fingerprint density at radius 2 is 2.00 bits per heavy atom. The molecule has 8 nitrogen and oxygen atoms in total. The van der Waals surface area contributed by atoms with Gasteiger partial charge in [0.15, 0.2) is 5.82 Å². The summed E-state index contributed by atoms with van der Waals surface area (Å²) < 4.78 is 43.7. The van der Waals surface area contributed by atoms with Gasteiger partial charge in [0.2, 0.25) is 11.8 Å². The first-order valence-electron chi connectivity index (χ1n) is 15.0. The van der Waals surface area contributed by atoms with Crippen molar-refractivity contribution in [1.29, 1.82) is 0 Å². The second-order valence-corrected chi connectivity index (χ2v) is 13.1. The number of piperidine rings is 1. The number of hydrogen-bond donors (Lipinski definition) is 2. The number of phenolic OH excluding ortho intramolecular Hbond substituents is 1. The van der Waals surface area contributed by atoms with E-state index >= 15 is 4.39 Å². The van der Waals surface area contributed by atoms with E-state index in [0.29, 0.717) is 60.6 Å². The van der Waals surface area contributed by atoms with Gasteiger partial charge in [0, 0.05) is 36.2 Å². The molecule has 1 aromatic carbocycles. The molecule has 0 bridgehead atoms. The Morgan fingerprint density at radius 1 is 1.14 bits per heavy atom. The van der Waals surface area contributed by atoms with Crippen LogP contribution >= 0.6 is 11.6 Å². The van der Waals surface area contributed by atoms with Crippen LogP contribution < -0.4 is 14.4 Å². The molecule has 2 aromatic heterocycles. The van der Waals surface area contributed by atoms with Gasteiger partial charge in [0.25, 0.3) is 0 Å². The van der Waals surface area contributed by atoms with Crippen LogP contribution in [0, 0.1) is 5.82 Å². The van der Waals surface area contributed by atoms with Gasteiger partial charge in [0.1, 0.15) is 36.3 Å². The molecule has 2 N–H and O–H groups in total. The molecule has 1 saturated carbocycles. The summed E-state index contributed by atoms with van der Waals surface area (Å²) >= 11 is 6.57. The lowest BCUT2D eigenvalue weighted by atomic mass is 9.95. The normalized spacial score (nSPS) is 28.9. The minimum absolute atomic E-state index is 0.0179. The van der Waals surface area contributed by atoms with Gasteiger partial charge < -0.3 is 24.6 Å². The summed E-state index contributed by atoms with van der Waals surface area (Å²) in [6, 6.07) is 4.72. The van der Waals surface area contributed by atoms with Crippen LogP contribution in [0.5, 0.6) is 17.5 Å². The number of nitrogens with zero attached hydrogens (tertiary/aromatic N) is 4. The number of aromatic hydroxyl groups is 1. The number of anilines is 1. The second kappa shape index (κ2) is 9.79. The third-order valence-corrected chi connectivity index (χ3v) is 10.1. The second-order valence-electron chi connectivity index (χ2n) is 12.7. The maximum Gasteiger partial charge on any atom is 0.225 e. The molecule has 0 spiro atoms. The first kappa shape index (κ1) is 26.7. The summed E-state index contributed by atoms with van der Waals surface area (Å²) in [5.41, 5.74) is 1.51. The quantitative estimate of drug-likeness (QED) is 0.406. The lowest BCUT2D eigenvalue weighted by molar-refractivity contribution is 0.111. The van der Waals surface area contributed by atoms with E-state index in [9.17, 15) is 14.6 Å². The summed E-state index contributed by atoms with van der Waals surface area (Å²) in [5.74, 6) is -0.0863. The van der Waals surface area contributed by atoms with Gasteiger partial charge >= 0.3 is 0 Å². The summed E-state index contributed by atoms with van der Waals surface area (Å²) in [6.07, 6.45) is 4.01. The van der Waals surface area contributed by atoms with Gasteiger partial charge in [-0.15, -0.1) is 0 Å². The van der Waals surface area contributed by atoms with Crippen molar-refractivity contribution in [2.75, 3.05) is 37.7 Å². The fourth-order valence-corrected chi connectivity index (χ4v) is 8.04. The largest absolute Gasteiger partial charge is 0.508 e. The molecule has 11 heteroatoms. The van der Waals surface area contributed by atoms with Gasteiger partial charge in [-0.3, -0.25) is 4.90 Å². The maximum atomic E-state index is 16.7. The Hall–Kier alpha value is -2.95. The Bertz CT molecular complexity index is 1590. The number of benzene rings is 1. The third kappa shape index (κ3) is 4.28. The Labute approximate surface area is 247 Å². The van der Waals surface area contributed by atoms with Gasteiger partial charge in [-0.25, -0.2) is 18.7 Å². The van der Waals surface area contributed by atoms with Gasteiger partial charge in [-0.1, -0.05) is 11.6 Å². The van der Waals surface area contributed by atoms with Crippen LogP contribution in [0.25, 0.3) is 22.2 Å². The maximum absolute atomic E-state index is 16.7. The minimum Gasteiger partial charge on any atom is -0.508 e. The predicted octanol–water partition coefficient (Wildman–Crippen LogP) is 5.35. The SMILES string of the molecule is Oc1cc(Cl)c(C2CC2)c(-c2nc3c4c(cc(OC[C@@]56CCCN5C[C@H](F)C6)nc4c2F)N2C[C@@H](O)CC[C@H]2CO3)c1. The Morgan fingerprint density at radius 3 is 2.83 bits per heavy atom. The van der Waals surface area contributed by atoms with E-state index in [2.05, 4.69) is 14.8 Å². The number of aliphatic hydroxyl groups is 1. The van der Waals surface area contributed by atoms with Crippen molar-refractivity contribution >= 4 is 28.2 Å². The van der Waals surface area contributed by atoms with Crippen molar-refractivity contribution in [3.8, 4) is 28.8 Å². The van der Waals surface area contributed by atoms with E-state index in [4.69, 9.17) is 26.1 Å². The zero-order valence-electron chi connectivity index (χ0n) is 23.2. The molecule has 5 aliphatic rings. The number of rotatable bonds is 5. The van der Waals surface area contributed by atoms with Crippen molar-refractivity contribution in [2.24, 2.45) is 0 Å². The van der Waals surface area contributed by atoms with Crippen LogP contribution in [0.2, 0.25) is 5.02 Å².